The predicted octanol–water partition coefficient (Wildman–Crippen LogP) is 1.89. The van der Waals surface area contributed by atoms with E-state index in [2.05, 4.69) is 20.1 Å². The molecule has 3 aromatic rings. The quantitative estimate of drug-likeness (QED) is 0.726. The Bertz CT molecular complexity index is 696. The molecule has 0 radical (unpaired) electrons. The summed E-state index contributed by atoms with van der Waals surface area (Å²) in [7, 11) is 0. The summed E-state index contributed by atoms with van der Waals surface area (Å²) < 4.78 is 5.22. The van der Waals surface area contributed by atoms with E-state index in [-0.39, 0.29) is 0 Å². The molecular weight excluding hydrogens is 254 g/mol. The fourth-order valence-corrected chi connectivity index (χ4v) is 1.88. The number of hydrogen-bond acceptors (Lipinski definition) is 6. The van der Waals surface area contributed by atoms with Gasteiger partial charge in [0.25, 0.3) is 0 Å². The van der Waals surface area contributed by atoms with E-state index < -0.39 is 0 Å². The van der Waals surface area contributed by atoms with Crippen molar-refractivity contribution in [3.63, 3.8) is 0 Å². The highest BCUT2D eigenvalue weighted by Gasteiger charge is 2.09. The van der Waals surface area contributed by atoms with Crippen molar-refractivity contribution >= 4 is 5.69 Å². The molecule has 0 aliphatic heterocycles. The molecule has 0 saturated carbocycles. The first-order valence-electron chi connectivity index (χ1n) is 6.24. The molecule has 100 valence electrons. The third-order valence-electron chi connectivity index (χ3n) is 2.86. The maximum absolute atomic E-state index is 5.74. The van der Waals surface area contributed by atoms with Crippen molar-refractivity contribution in [3.05, 3.63) is 54.3 Å². The lowest BCUT2D eigenvalue weighted by Crippen LogP contribution is -1.93. The van der Waals surface area contributed by atoms with Gasteiger partial charge in [0, 0.05) is 18.3 Å². The molecule has 2 heterocycles. The standard InChI is InChI=1S/C14H13N5O/c15-11-3-1-2-10(8-11)4-5-13-18-14(19-20-13)12-6-7-16-9-17-12/h1-3,6-9H,4-5,15H2. The van der Waals surface area contributed by atoms with Crippen LogP contribution in [0.1, 0.15) is 11.5 Å². The van der Waals surface area contributed by atoms with Gasteiger partial charge in [0.2, 0.25) is 11.7 Å². The average molecular weight is 267 g/mol. The van der Waals surface area contributed by atoms with Crippen molar-refractivity contribution in [2.45, 2.75) is 12.8 Å². The van der Waals surface area contributed by atoms with E-state index in [0.717, 1.165) is 17.7 Å². The number of nitrogen functional groups attached to an aromatic ring is 1. The van der Waals surface area contributed by atoms with Crippen LogP contribution in [0.25, 0.3) is 11.5 Å². The minimum Gasteiger partial charge on any atom is -0.399 e. The molecule has 0 saturated heterocycles. The van der Waals surface area contributed by atoms with Crippen LogP contribution < -0.4 is 5.73 Å². The first kappa shape index (κ1) is 12.3. The Morgan fingerprint density at radius 1 is 1.15 bits per heavy atom. The number of aromatic nitrogens is 4. The molecule has 0 aliphatic rings. The predicted molar refractivity (Wildman–Crippen MR) is 73.6 cm³/mol. The van der Waals surface area contributed by atoms with Gasteiger partial charge in [-0.2, -0.15) is 4.98 Å². The molecule has 0 bridgehead atoms. The molecule has 0 fully saturated rings. The smallest absolute Gasteiger partial charge is 0.227 e. The maximum Gasteiger partial charge on any atom is 0.227 e. The van der Waals surface area contributed by atoms with Crippen molar-refractivity contribution < 1.29 is 4.52 Å². The lowest BCUT2D eigenvalue weighted by Gasteiger charge is -1.99. The Labute approximate surface area is 115 Å². The normalized spacial score (nSPS) is 10.6. The van der Waals surface area contributed by atoms with E-state index in [1.165, 1.54) is 6.33 Å². The number of aryl methyl sites for hydroxylation is 2. The third-order valence-corrected chi connectivity index (χ3v) is 2.86. The van der Waals surface area contributed by atoms with Gasteiger partial charge in [-0.25, -0.2) is 9.97 Å². The Balaban J connectivity index is 1.69. The molecule has 0 unspecified atom stereocenters. The summed E-state index contributed by atoms with van der Waals surface area (Å²) in [4.78, 5) is 12.3. The van der Waals surface area contributed by atoms with Crippen LogP contribution in [0, 0.1) is 0 Å². The summed E-state index contributed by atoms with van der Waals surface area (Å²) in [5, 5.41) is 3.92. The van der Waals surface area contributed by atoms with E-state index in [0.29, 0.717) is 23.8 Å². The number of hydrogen-bond donors (Lipinski definition) is 1. The monoisotopic (exact) mass is 267 g/mol. The largest absolute Gasteiger partial charge is 0.399 e. The van der Waals surface area contributed by atoms with Gasteiger partial charge in [-0.15, -0.1) is 0 Å². The lowest BCUT2D eigenvalue weighted by atomic mass is 10.1. The van der Waals surface area contributed by atoms with Gasteiger partial charge in [-0.3, -0.25) is 0 Å². The van der Waals surface area contributed by atoms with E-state index in [9.17, 15) is 0 Å². The van der Waals surface area contributed by atoms with Crippen LogP contribution in [0.15, 0.2) is 47.4 Å². The highest BCUT2D eigenvalue weighted by Crippen LogP contribution is 2.14. The van der Waals surface area contributed by atoms with Gasteiger partial charge < -0.3 is 10.3 Å². The Morgan fingerprint density at radius 2 is 2.10 bits per heavy atom. The highest BCUT2D eigenvalue weighted by molar-refractivity contribution is 5.46. The zero-order valence-electron chi connectivity index (χ0n) is 10.7. The molecule has 0 amide bonds. The molecule has 6 nitrogen and oxygen atoms in total. The van der Waals surface area contributed by atoms with E-state index in [4.69, 9.17) is 10.3 Å². The van der Waals surface area contributed by atoms with Crippen LogP contribution >= 0.6 is 0 Å². The zero-order valence-corrected chi connectivity index (χ0v) is 10.7. The van der Waals surface area contributed by atoms with E-state index >= 15 is 0 Å². The van der Waals surface area contributed by atoms with Gasteiger partial charge in [0.15, 0.2) is 0 Å². The molecule has 20 heavy (non-hydrogen) atoms. The molecule has 1 aromatic carbocycles. The van der Waals surface area contributed by atoms with Gasteiger partial charge in [-0.1, -0.05) is 17.3 Å². The lowest BCUT2D eigenvalue weighted by molar-refractivity contribution is 0.379. The van der Waals surface area contributed by atoms with Crippen LogP contribution in [0.3, 0.4) is 0 Å². The molecular formula is C14H13N5O. The number of rotatable bonds is 4. The second kappa shape index (κ2) is 5.48. The van der Waals surface area contributed by atoms with Crippen LogP contribution in [0.5, 0.6) is 0 Å². The van der Waals surface area contributed by atoms with Crippen molar-refractivity contribution in [3.8, 4) is 11.5 Å². The van der Waals surface area contributed by atoms with Crippen LogP contribution in [-0.4, -0.2) is 20.1 Å². The highest BCUT2D eigenvalue weighted by atomic mass is 16.5. The third kappa shape index (κ3) is 2.80. The van der Waals surface area contributed by atoms with Gasteiger partial charge >= 0.3 is 0 Å². The Hall–Kier alpha value is -2.76. The average Bonchev–Trinajstić information content (AvgIpc) is 2.95. The number of anilines is 1. The maximum atomic E-state index is 5.74. The summed E-state index contributed by atoms with van der Waals surface area (Å²) in [6.45, 7) is 0. The molecule has 0 spiro atoms. The second-order valence-corrected chi connectivity index (χ2v) is 4.35. The Morgan fingerprint density at radius 3 is 2.90 bits per heavy atom. The van der Waals surface area contributed by atoms with E-state index in [1.807, 2.05) is 24.3 Å². The Kier molecular flexibility index (Phi) is 3.36. The van der Waals surface area contributed by atoms with Crippen LogP contribution in [0.2, 0.25) is 0 Å². The SMILES string of the molecule is Nc1cccc(CCc2nc(-c3ccncn3)no2)c1. The van der Waals surface area contributed by atoms with Crippen molar-refractivity contribution in [1.82, 2.24) is 20.1 Å². The molecule has 0 aliphatic carbocycles. The molecule has 0 atom stereocenters. The molecule has 6 heteroatoms. The minimum absolute atomic E-state index is 0.481. The van der Waals surface area contributed by atoms with Crippen LogP contribution in [-0.2, 0) is 12.8 Å². The molecule has 2 N–H and O–H groups in total. The topological polar surface area (TPSA) is 90.7 Å². The summed E-state index contributed by atoms with van der Waals surface area (Å²) in [5.74, 6) is 1.07. The summed E-state index contributed by atoms with van der Waals surface area (Å²) in [6.07, 6.45) is 4.57. The fraction of sp³-hybridized carbons (Fsp3) is 0.143. The van der Waals surface area contributed by atoms with Gasteiger partial charge in [0.05, 0.1) is 0 Å². The van der Waals surface area contributed by atoms with Gasteiger partial charge in [-0.05, 0) is 30.2 Å². The first-order valence-corrected chi connectivity index (χ1v) is 6.24. The number of benzene rings is 1. The summed E-state index contributed by atoms with van der Waals surface area (Å²) >= 11 is 0. The summed E-state index contributed by atoms with van der Waals surface area (Å²) in [5.41, 5.74) is 8.30. The van der Waals surface area contributed by atoms with Crippen molar-refractivity contribution in [2.75, 3.05) is 5.73 Å². The minimum atomic E-state index is 0.481. The second-order valence-electron chi connectivity index (χ2n) is 4.35. The van der Waals surface area contributed by atoms with Crippen molar-refractivity contribution in [2.24, 2.45) is 0 Å². The van der Waals surface area contributed by atoms with Gasteiger partial charge in [0.1, 0.15) is 12.0 Å². The number of nitrogens with zero attached hydrogens (tertiary/aromatic N) is 4. The number of nitrogens with two attached hydrogens (primary N) is 1. The van der Waals surface area contributed by atoms with Crippen molar-refractivity contribution in [1.29, 1.82) is 0 Å². The molecule has 2 aromatic heterocycles. The fourth-order valence-electron chi connectivity index (χ4n) is 1.88. The summed E-state index contributed by atoms with van der Waals surface area (Å²) in [6, 6.07) is 9.51. The molecule has 3 rings (SSSR count). The first-order chi connectivity index (χ1) is 9.81. The zero-order chi connectivity index (χ0) is 13.8. The van der Waals surface area contributed by atoms with Crippen LogP contribution in [0.4, 0.5) is 5.69 Å². The van der Waals surface area contributed by atoms with E-state index in [1.54, 1.807) is 12.3 Å².